The lowest BCUT2D eigenvalue weighted by Gasteiger charge is -2.21. The summed E-state index contributed by atoms with van der Waals surface area (Å²) in [6.07, 6.45) is 6.21. The molecule has 5 heterocycles. The maximum Gasteiger partial charge on any atom is 0.326 e. The molecule has 0 bridgehead atoms. The smallest absolute Gasteiger partial charge is 0.326 e. The number of nitrogens with one attached hydrogen (secondary N) is 8. The standard InChI is InChI=1S/C73H96F4N18O16S2/c1-49(68(104)105)93(2)61(99)20-40-113-112-39-19-60(98)80-21-5-3-4-6-22-85-69-90-70(86-27-33-108-37-35-106-31-17-58(96)81-23-9-29-110-56-13-7-11-52-54(15-25-83-64(52)56)66(102)88-45-62(100)94-47-72(74,75)41-50(94)43-78)92-71(91-69)87-28-34-109-38-36-107-32-18-59(97)82-24-10-30-111-57-14-8-12-53-55(16-26-84-65(53)57)67(103)89-46-63(101)95-48-73(76,77)42-51(95)44-79/h7-8,11-16,25-26,49-51H,3-6,9-10,17-24,27-42,45-48H2,1-2H3,(H,80,98)(H,81,96)(H,82,97)(H,88,102)(H,89,103)(H,104,105)(H3,85,86,87,90,91,92)/t49-,50-,51-/m0/s1. The molecule has 40 heteroatoms. The van der Waals surface area contributed by atoms with Gasteiger partial charge in [0.2, 0.25) is 53.3 Å². The molecule has 0 unspecified atom stereocenters. The molecule has 2 fully saturated rings. The Morgan fingerprint density at radius 1 is 0.531 bits per heavy atom. The van der Waals surface area contributed by atoms with E-state index in [2.05, 4.69) is 67.5 Å². The number of fused-ring (bicyclic) bond motifs is 2. The van der Waals surface area contributed by atoms with Gasteiger partial charge in [-0.2, -0.15) is 25.5 Å². The monoisotopic (exact) mass is 1620 g/mol. The molecule has 2 aromatic carbocycles. The van der Waals surface area contributed by atoms with Crippen molar-refractivity contribution in [2.24, 2.45) is 0 Å². The van der Waals surface area contributed by atoms with Crippen LogP contribution >= 0.6 is 21.6 Å². The zero-order chi connectivity index (χ0) is 81.4. The highest BCUT2D eigenvalue weighted by Crippen LogP contribution is 2.34. The van der Waals surface area contributed by atoms with Crippen molar-refractivity contribution in [3.8, 4) is 23.6 Å². The molecule has 3 atom stereocenters. The number of benzene rings is 2. The number of halogens is 4. The molecule has 0 aliphatic carbocycles. The maximum atomic E-state index is 13.9. The molecule has 2 saturated heterocycles. The van der Waals surface area contributed by atoms with E-state index >= 15 is 0 Å². The van der Waals surface area contributed by atoms with Crippen molar-refractivity contribution in [3.05, 3.63) is 72.1 Å². The van der Waals surface area contributed by atoms with E-state index < -0.39 is 98.6 Å². The lowest BCUT2D eigenvalue weighted by Crippen LogP contribution is -2.43. The molecule has 9 N–H and O–H groups in total. The van der Waals surface area contributed by atoms with Gasteiger partial charge in [-0.1, -0.05) is 58.7 Å². The summed E-state index contributed by atoms with van der Waals surface area (Å²) in [4.78, 5) is 138. The SMILES string of the molecule is C[C@@H](C(=O)O)N(C)C(=O)CCSSCCC(=O)NCCCCCCNc1nc(NCCOCCOCCC(=O)NCCCOc2cccc3c(C(=O)NCC(=O)N4CC(F)(F)C[C@H]4C#N)ccnc23)nc(NCCOCCOCCC(=O)NCCCOc2cccc3c(C(=O)NCC(=O)N4CC(F)(F)C[C@H]4C#N)ccnc23)n1. The Labute approximate surface area is 658 Å². The van der Waals surface area contributed by atoms with Gasteiger partial charge in [0.25, 0.3) is 23.7 Å². The van der Waals surface area contributed by atoms with Crippen molar-refractivity contribution >= 4 is 114 Å². The Balaban J connectivity index is 0.742. The number of rotatable bonds is 53. The lowest BCUT2D eigenvalue weighted by atomic mass is 10.1. The number of nitrogens with zero attached hydrogens (tertiary/aromatic N) is 10. The van der Waals surface area contributed by atoms with Crippen LogP contribution in [0.2, 0.25) is 0 Å². The third-order valence-electron chi connectivity index (χ3n) is 17.4. The molecule has 34 nitrogen and oxygen atoms in total. The van der Waals surface area contributed by atoms with E-state index in [1.54, 1.807) is 48.5 Å². The highest BCUT2D eigenvalue weighted by atomic mass is 33.1. The van der Waals surface area contributed by atoms with Crippen LogP contribution in [0.25, 0.3) is 21.8 Å². The van der Waals surface area contributed by atoms with Gasteiger partial charge in [-0.15, -0.1) is 0 Å². The van der Waals surface area contributed by atoms with Gasteiger partial charge in [-0.05, 0) is 56.9 Å². The molecule has 2 aliphatic rings. The fraction of sp³-hybridized carbons (Fsp3) is 0.562. The van der Waals surface area contributed by atoms with Gasteiger partial charge < -0.3 is 90.8 Å². The minimum Gasteiger partial charge on any atom is -0.491 e. The van der Waals surface area contributed by atoms with Gasteiger partial charge >= 0.3 is 5.97 Å². The van der Waals surface area contributed by atoms with E-state index in [4.69, 9.17) is 33.5 Å². The van der Waals surface area contributed by atoms with Gasteiger partial charge in [-0.25, -0.2) is 22.4 Å². The Morgan fingerprint density at radius 2 is 0.938 bits per heavy atom. The van der Waals surface area contributed by atoms with E-state index in [-0.39, 0.29) is 132 Å². The number of amides is 8. The van der Waals surface area contributed by atoms with Gasteiger partial charge in [0, 0.05) is 120 Å². The zero-order valence-corrected chi connectivity index (χ0v) is 64.6. The molecule has 0 saturated carbocycles. The van der Waals surface area contributed by atoms with Gasteiger partial charge in [0.15, 0.2) is 0 Å². The summed E-state index contributed by atoms with van der Waals surface area (Å²) in [5.74, 6) is -8.40. The van der Waals surface area contributed by atoms with Crippen molar-refractivity contribution in [2.45, 2.75) is 114 Å². The number of pyridine rings is 2. The molecular formula is C73H96F4N18O16S2. The number of likely N-dealkylation sites (tertiary alicyclic amines) is 2. The maximum absolute atomic E-state index is 13.9. The number of para-hydroxylation sites is 2. The molecular weight excluding hydrogens is 1530 g/mol. The van der Waals surface area contributed by atoms with Gasteiger partial charge in [0.05, 0.1) is 116 Å². The number of carboxylic acid groups (broad SMARTS) is 1. The van der Waals surface area contributed by atoms with Crippen molar-refractivity contribution in [1.82, 2.24) is 66.2 Å². The molecule has 5 aromatic rings. The third kappa shape index (κ3) is 31.3. The number of anilines is 3. The lowest BCUT2D eigenvalue weighted by molar-refractivity contribution is -0.148. The van der Waals surface area contributed by atoms with E-state index in [0.717, 1.165) is 35.5 Å². The first kappa shape index (κ1) is 89.9. The molecule has 0 radical (unpaired) electrons. The number of ether oxygens (including phenoxy) is 6. The molecule has 2 aliphatic heterocycles. The predicted octanol–water partition coefficient (Wildman–Crippen LogP) is 4.97. The highest BCUT2D eigenvalue weighted by molar-refractivity contribution is 8.76. The van der Waals surface area contributed by atoms with Crippen LogP contribution in [0.3, 0.4) is 0 Å². The molecule has 3 aromatic heterocycles. The van der Waals surface area contributed by atoms with Crippen LogP contribution in [-0.2, 0) is 52.5 Å². The number of hydrogen-bond donors (Lipinski definition) is 9. The second-order valence-corrected chi connectivity index (χ2v) is 28.6. The summed E-state index contributed by atoms with van der Waals surface area (Å²) in [6.45, 7) is 3.04. The molecule has 0 spiro atoms. The average molecular weight is 1620 g/mol. The number of nitriles is 2. The Hall–Kier alpha value is -10.3. The quantitative estimate of drug-likeness (QED) is 0.0141. The number of carbonyl (C=O) groups excluding carboxylic acids is 8. The second kappa shape index (κ2) is 48.0. The summed E-state index contributed by atoms with van der Waals surface area (Å²) >= 11 is 0. The molecule has 8 amide bonds. The van der Waals surface area contributed by atoms with Crippen molar-refractivity contribution in [2.75, 3.05) is 166 Å². The molecule has 614 valence electrons. The second-order valence-electron chi connectivity index (χ2n) is 25.9. The van der Waals surface area contributed by atoms with Crippen LogP contribution < -0.4 is 52.0 Å². The number of unbranched alkanes of at least 4 members (excludes halogenated alkanes) is 3. The van der Waals surface area contributed by atoms with Crippen LogP contribution in [0.4, 0.5) is 35.4 Å². The van der Waals surface area contributed by atoms with E-state index in [1.807, 2.05) is 0 Å². The summed E-state index contributed by atoms with van der Waals surface area (Å²) in [5, 5.41) is 51.5. The molecule has 113 heavy (non-hydrogen) atoms. The largest absolute Gasteiger partial charge is 0.491 e. The Morgan fingerprint density at radius 3 is 1.38 bits per heavy atom. The van der Waals surface area contributed by atoms with Crippen LogP contribution in [-0.4, -0.2) is 278 Å². The summed E-state index contributed by atoms with van der Waals surface area (Å²) in [6, 6.07) is 12.8. The fourth-order valence-corrected chi connectivity index (χ4v) is 13.2. The fourth-order valence-electron chi connectivity index (χ4n) is 11.3. The van der Waals surface area contributed by atoms with Crippen LogP contribution in [0.1, 0.15) is 105 Å². The minimum atomic E-state index is -3.19. The number of likely N-dealkylation sites (N-methyl/N-ethyl adjacent to an activating group) is 1. The van der Waals surface area contributed by atoms with E-state index in [9.17, 15) is 71.2 Å². The number of aliphatic carboxylic acids is 1. The Kier molecular flexibility index (Phi) is 38.2. The first-order chi connectivity index (χ1) is 54.5. The summed E-state index contributed by atoms with van der Waals surface area (Å²) < 4.78 is 90.2. The summed E-state index contributed by atoms with van der Waals surface area (Å²) in [5.41, 5.74) is 1.09. The van der Waals surface area contributed by atoms with Gasteiger partial charge in [0.1, 0.15) is 40.7 Å². The van der Waals surface area contributed by atoms with Crippen molar-refractivity contribution in [1.29, 1.82) is 10.5 Å². The first-order valence-corrected chi connectivity index (χ1v) is 39.5. The number of carbonyl (C=O) groups is 9. The van der Waals surface area contributed by atoms with Crippen LogP contribution in [0, 0.1) is 22.7 Å². The third-order valence-corrected chi connectivity index (χ3v) is 19.8. The predicted molar refractivity (Wildman–Crippen MR) is 409 cm³/mol. The van der Waals surface area contributed by atoms with Gasteiger partial charge in [-0.3, -0.25) is 48.3 Å². The molecule has 7 rings (SSSR count). The van der Waals surface area contributed by atoms with Crippen molar-refractivity contribution < 1.29 is 94.2 Å². The first-order valence-electron chi connectivity index (χ1n) is 37.0. The average Bonchev–Trinajstić information content (AvgIpc) is 1.77. The Bertz CT molecular complexity index is 3870. The number of hydrogen-bond acceptors (Lipinski definition) is 27. The highest BCUT2D eigenvalue weighted by Gasteiger charge is 2.48. The number of carboxylic acids is 1. The number of alkyl halides is 4. The topological polar surface area (TPSA) is 447 Å². The summed E-state index contributed by atoms with van der Waals surface area (Å²) in [7, 11) is 4.42. The number of aromatic nitrogens is 5. The van der Waals surface area contributed by atoms with Crippen LogP contribution in [0.15, 0.2) is 60.9 Å². The minimum absolute atomic E-state index is 0.0601. The van der Waals surface area contributed by atoms with Crippen molar-refractivity contribution in [3.63, 3.8) is 0 Å². The van der Waals surface area contributed by atoms with E-state index in [1.165, 1.54) is 65.0 Å². The zero-order valence-electron chi connectivity index (χ0n) is 62.9. The van der Waals surface area contributed by atoms with E-state index in [0.29, 0.717) is 109 Å². The van der Waals surface area contributed by atoms with Crippen LogP contribution in [0.5, 0.6) is 11.5 Å². The normalized spacial score (nSPS) is 14.9.